The first kappa shape index (κ1) is 28.0. The fourth-order valence-corrected chi connectivity index (χ4v) is 2.78. The van der Waals surface area contributed by atoms with Crippen molar-refractivity contribution in [1.29, 1.82) is 0 Å². The van der Waals surface area contributed by atoms with E-state index in [1.807, 2.05) is 0 Å². The molecule has 5 nitrogen and oxygen atoms in total. The normalized spacial score (nSPS) is 11.2. The van der Waals surface area contributed by atoms with Crippen LogP contribution < -0.4 is 0 Å². The molecule has 6 heteroatoms. The Balaban J connectivity index is 0. The summed E-state index contributed by atoms with van der Waals surface area (Å²) >= 11 is 0. The van der Waals surface area contributed by atoms with Crippen molar-refractivity contribution in [3.8, 4) is 0 Å². The third kappa shape index (κ3) is 39.1. The van der Waals surface area contributed by atoms with Gasteiger partial charge in [0.2, 0.25) is 0 Å². The van der Waals surface area contributed by atoms with Crippen molar-refractivity contribution in [3.63, 3.8) is 0 Å². The van der Waals surface area contributed by atoms with Crippen LogP contribution >= 0.6 is 0 Å². The van der Waals surface area contributed by atoms with Crippen LogP contribution in [0, 0.1) is 0 Å². The highest BCUT2D eigenvalue weighted by Crippen LogP contribution is 2.10. The molecule has 0 aromatic carbocycles. The minimum Gasteiger partial charge on any atom is -0.381 e. The maximum atomic E-state index is 8.74. The van der Waals surface area contributed by atoms with Gasteiger partial charge in [-0.15, -0.1) is 0 Å². The van der Waals surface area contributed by atoms with E-state index < -0.39 is 10.4 Å². The van der Waals surface area contributed by atoms with E-state index >= 15 is 0 Å². The van der Waals surface area contributed by atoms with Crippen LogP contribution in [0.4, 0.5) is 0 Å². The van der Waals surface area contributed by atoms with Crippen LogP contribution in [-0.4, -0.2) is 30.7 Å². The van der Waals surface area contributed by atoms with Gasteiger partial charge in [-0.3, -0.25) is 9.11 Å². The fourth-order valence-electron chi connectivity index (χ4n) is 2.78. The van der Waals surface area contributed by atoms with Crippen molar-refractivity contribution in [1.82, 2.24) is 0 Å². The lowest BCUT2D eigenvalue weighted by atomic mass is 10.1. The molecule has 0 bridgehead atoms. The Kier molecular flexibility index (Phi) is 24.7. The molecule has 160 valence electrons. The van der Waals surface area contributed by atoms with Gasteiger partial charge in [-0.25, -0.2) is 0 Å². The Hall–Kier alpha value is -0.170. The lowest BCUT2D eigenvalue weighted by Gasteiger charge is -2.05. The molecule has 0 aliphatic heterocycles. The monoisotopic (exact) mass is 396 g/mol. The molecule has 0 aliphatic rings. The van der Waals surface area contributed by atoms with Crippen molar-refractivity contribution in [2.24, 2.45) is 0 Å². The first-order valence-corrected chi connectivity index (χ1v) is 12.1. The summed E-state index contributed by atoms with van der Waals surface area (Å²) in [7, 11) is -4.67. The van der Waals surface area contributed by atoms with E-state index in [4.69, 9.17) is 22.3 Å². The average Bonchev–Trinajstić information content (AvgIpc) is 2.56. The zero-order chi connectivity index (χ0) is 19.9. The van der Waals surface area contributed by atoms with Crippen LogP contribution in [0.5, 0.6) is 0 Å². The van der Waals surface area contributed by atoms with Crippen molar-refractivity contribution in [2.75, 3.05) is 13.2 Å². The summed E-state index contributed by atoms with van der Waals surface area (Å²) in [6, 6.07) is 0. The number of unbranched alkanes of at least 4 members (excludes halogenated alkanes) is 14. The van der Waals surface area contributed by atoms with E-state index in [9.17, 15) is 0 Å². The van der Waals surface area contributed by atoms with Gasteiger partial charge in [0.25, 0.3) is 0 Å². The molecule has 0 atom stereocenters. The minimum atomic E-state index is -4.67. The second kappa shape index (κ2) is 22.9. The molecular weight excluding hydrogens is 352 g/mol. The van der Waals surface area contributed by atoms with Crippen LogP contribution in [0.15, 0.2) is 0 Å². The summed E-state index contributed by atoms with van der Waals surface area (Å²) in [6.07, 6.45) is 22.2. The van der Waals surface area contributed by atoms with E-state index in [1.54, 1.807) is 0 Å². The summed E-state index contributed by atoms with van der Waals surface area (Å²) in [6.45, 7) is 6.54. The molecule has 0 saturated carbocycles. The molecule has 0 fully saturated rings. The largest absolute Gasteiger partial charge is 0.394 e. The smallest absolute Gasteiger partial charge is 0.381 e. The van der Waals surface area contributed by atoms with Crippen molar-refractivity contribution in [3.05, 3.63) is 0 Å². The summed E-state index contributed by atoms with van der Waals surface area (Å²) < 4.78 is 37.3. The number of rotatable bonds is 18. The van der Waals surface area contributed by atoms with Gasteiger partial charge in [0.15, 0.2) is 0 Å². The van der Waals surface area contributed by atoms with Crippen LogP contribution in [0.2, 0.25) is 0 Å². The molecule has 0 unspecified atom stereocenters. The van der Waals surface area contributed by atoms with Gasteiger partial charge in [0.05, 0.1) is 0 Å². The molecule has 0 amide bonds. The Morgan fingerprint density at radius 2 is 0.769 bits per heavy atom. The summed E-state index contributed by atoms with van der Waals surface area (Å²) in [5.41, 5.74) is 0. The molecule has 0 aromatic heterocycles. The summed E-state index contributed by atoms with van der Waals surface area (Å²) in [4.78, 5) is 0. The Morgan fingerprint density at radius 3 is 1.04 bits per heavy atom. The van der Waals surface area contributed by atoms with E-state index in [0.29, 0.717) is 0 Å². The van der Waals surface area contributed by atoms with Gasteiger partial charge >= 0.3 is 10.4 Å². The van der Waals surface area contributed by atoms with Gasteiger partial charge in [-0.05, 0) is 12.8 Å². The third-order valence-electron chi connectivity index (χ3n) is 4.28. The maximum absolute atomic E-state index is 8.74. The molecule has 2 N–H and O–H groups in total. The lowest BCUT2D eigenvalue weighted by Crippen LogP contribution is -1.97. The number of ether oxygens (including phenoxy) is 1. The van der Waals surface area contributed by atoms with Crippen LogP contribution in [0.3, 0.4) is 0 Å². The van der Waals surface area contributed by atoms with Gasteiger partial charge in [-0.2, -0.15) is 8.42 Å². The van der Waals surface area contributed by atoms with Crippen molar-refractivity contribution in [2.45, 2.75) is 117 Å². The minimum absolute atomic E-state index is 0.990. The van der Waals surface area contributed by atoms with Crippen LogP contribution in [-0.2, 0) is 15.1 Å². The zero-order valence-corrected chi connectivity index (χ0v) is 18.1. The highest BCUT2D eigenvalue weighted by molar-refractivity contribution is 7.79. The third-order valence-corrected chi connectivity index (χ3v) is 4.28. The highest BCUT2D eigenvalue weighted by Gasteiger charge is 1.94. The molecule has 0 rings (SSSR count). The highest BCUT2D eigenvalue weighted by atomic mass is 32.3. The van der Waals surface area contributed by atoms with Gasteiger partial charge in [0.1, 0.15) is 0 Å². The SMILES string of the molecule is CCCCCCCCCCCCOCCCCCCCC.O=S(=O)(O)O. The molecule has 0 radical (unpaired) electrons. The van der Waals surface area contributed by atoms with E-state index in [2.05, 4.69) is 13.8 Å². The van der Waals surface area contributed by atoms with E-state index in [0.717, 1.165) is 13.2 Å². The van der Waals surface area contributed by atoms with Gasteiger partial charge < -0.3 is 4.74 Å². The standard InChI is InChI=1S/C20H42O.H2O4S/c1-3-5-7-9-11-12-13-14-16-18-20-21-19-17-15-10-8-6-4-2;1-5(2,3)4/h3-20H2,1-2H3;(H2,1,2,3,4). The zero-order valence-electron chi connectivity index (χ0n) is 17.3. The first-order valence-electron chi connectivity index (χ1n) is 10.7. The van der Waals surface area contributed by atoms with Gasteiger partial charge in [0, 0.05) is 13.2 Å². The molecular formula is C20H44O5S. The quantitative estimate of drug-likeness (QED) is 0.200. The second-order valence-electron chi connectivity index (χ2n) is 7.01. The average molecular weight is 397 g/mol. The van der Waals surface area contributed by atoms with Crippen molar-refractivity contribution >= 4 is 10.4 Å². The molecule has 0 saturated heterocycles. The number of hydrogen-bond acceptors (Lipinski definition) is 3. The Bertz CT molecular complexity index is 318. The van der Waals surface area contributed by atoms with Gasteiger partial charge in [-0.1, -0.05) is 104 Å². The predicted molar refractivity (Wildman–Crippen MR) is 110 cm³/mol. The van der Waals surface area contributed by atoms with Crippen LogP contribution in [0.1, 0.15) is 117 Å². The van der Waals surface area contributed by atoms with E-state index in [-0.39, 0.29) is 0 Å². The maximum Gasteiger partial charge on any atom is 0.394 e. The summed E-state index contributed by atoms with van der Waals surface area (Å²) in [5.74, 6) is 0. The molecule has 0 aliphatic carbocycles. The molecule has 0 heterocycles. The Labute approximate surface area is 162 Å². The number of hydrogen-bond donors (Lipinski definition) is 2. The molecule has 0 spiro atoms. The Morgan fingerprint density at radius 1 is 0.538 bits per heavy atom. The second-order valence-corrected chi connectivity index (χ2v) is 7.91. The predicted octanol–water partition coefficient (Wildman–Crippen LogP) is 6.63. The first-order chi connectivity index (χ1) is 12.4. The topological polar surface area (TPSA) is 83.8 Å². The van der Waals surface area contributed by atoms with Crippen LogP contribution in [0.25, 0.3) is 0 Å². The lowest BCUT2D eigenvalue weighted by molar-refractivity contribution is 0.125. The van der Waals surface area contributed by atoms with Crippen molar-refractivity contribution < 1.29 is 22.3 Å². The molecule has 26 heavy (non-hydrogen) atoms. The van der Waals surface area contributed by atoms with E-state index in [1.165, 1.54) is 103 Å². The fraction of sp³-hybridized carbons (Fsp3) is 1.00. The summed E-state index contributed by atoms with van der Waals surface area (Å²) in [5, 5.41) is 0. The molecule has 0 aromatic rings.